The van der Waals surface area contributed by atoms with E-state index in [1.165, 1.54) is 0 Å². The van der Waals surface area contributed by atoms with E-state index in [2.05, 4.69) is 21.7 Å². The van der Waals surface area contributed by atoms with Gasteiger partial charge in [0, 0.05) is 11.7 Å². The lowest BCUT2D eigenvalue weighted by molar-refractivity contribution is 0.0919. The predicted octanol–water partition coefficient (Wildman–Crippen LogP) is 4.62. The Hall–Kier alpha value is -2.07. The molecule has 0 radical (unpaired) electrons. The van der Waals surface area contributed by atoms with Crippen LogP contribution in [-0.2, 0) is 0 Å². The number of nitrogens with zero attached hydrogens (tertiary/aromatic N) is 1. The molecular formula is C18H22ClN3O. The van der Waals surface area contributed by atoms with E-state index in [1.807, 2.05) is 40.7 Å². The van der Waals surface area contributed by atoms with Crippen molar-refractivity contribution in [1.29, 1.82) is 0 Å². The number of nitrogens with one attached hydrogen (secondary N) is 2. The molecule has 0 aliphatic heterocycles. The standard InChI is InChI=1S/C18H22ClN3O/c1-11-6-12(2)16(15(19)7-11)21-14-8-13(9-20-10-14)17(23)22-18(3,4)5/h6-10,21H,1-5H3,(H,22,23). The largest absolute Gasteiger partial charge is 0.353 e. The summed E-state index contributed by atoms with van der Waals surface area (Å²) in [5.74, 6) is -0.152. The van der Waals surface area contributed by atoms with E-state index in [0.717, 1.165) is 22.5 Å². The first-order valence-corrected chi connectivity index (χ1v) is 7.85. The Balaban J connectivity index is 2.26. The van der Waals surface area contributed by atoms with Gasteiger partial charge in [-0.25, -0.2) is 0 Å². The number of hydrogen-bond acceptors (Lipinski definition) is 3. The molecule has 0 unspecified atom stereocenters. The van der Waals surface area contributed by atoms with Gasteiger partial charge in [0.15, 0.2) is 0 Å². The zero-order chi connectivity index (χ0) is 17.2. The van der Waals surface area contributed by atoms with Gasteiger partial charge < -0.3 is 10.6 Å². The Bertz CT molecular complexity index is 712. The molecule has 0 saturated heterocycles. The molecule has 1 amide bonds. The summed E-state index contributed by atoms with van der Waals surface area (Å²) < 4.78 is 0. The summed E-state index contributed by atoms with van der Waals surface area (Å²) in [6.07, 6.45) is 3.22. The fourth-order valence-corrected chi connectivity index (χ4v) is 2.63. The molecule has 0 aliphatic carbocycles. The van der Waals surface area contributed by atoms with E-state index < -0.39 is 0 Å². The number of benzene rings is 1. The highest BCUT2D eigenvalue weighted by molar-refractivity contribution is 6.33. The lowest BCUT2D eigenvalue weighted by atomic mass is 10.1. The molecule has 0 aliphatic rings. The monoisotopic (exact) mass is 331 g/mol. The van der Waals surface area contributed by atoms with Crippen molar-refractivity contribution in [2.45, 2.75) is 40.2 Å². The van der Waals surface area contributed by atoms with Crippen LogP contribution < -0.4 is 10.6 Å². The van der Waals surface area contributed by atoms with Crippen LogP contribution in [0.4, 0.5) is 11.4 Å². The Kier molecular flexibility index (Phi) is 4.95. The maximum atomic E-state index is 12.2. The molecule has 2 rings (SSSR count). The summed E-state index contributed by atoms with van der Waals surface area (Å²) >= 11 is 6.31. The summed E-state index contributed by atoms with van der Waals surface area (Å²) in [4.78, 5) is 16.4. The second kappa shape index (κ2) is 6.59. The molecule has 0 fully saturated rings. The molecule has 0 saturated carbocycles. The molecule has 1 heterocycles. The third-order valence-corrected chi connectivity index (χ3v) is 3.49. The molecular weight excluding hydrogens is 310 g/mol. The van der Waals surface area contributed by atoms with Gasteiger partial charge in [-0.3, -0.25) is 9.78 Å². The minimum absolute atomic E-state index is 0.152. The van der Waals surface area contributed by atoms with Gasteiger partial charge in [-0.15, -0.1) is 0 Å². The molecule has 2 aromatic rings. The van der Waals surface area contributed by atoms with Crippen molar-refractivity contribution in [2.75, 3.05) is 5.32 Å². The summed E-state index contributed by atoms with van der Waals surface area (Å²) in [5.41, 5.74) is 3.91. The van der Waals surface area contributed by atoms with Crippen molar-refractivity contribution in [3.63, 3.8) is 0 Å². The first-order chi connectivity index (χ1) is 10.7. The summed E-state index contributed by atoms with van der Waals surface area (Å²) in [5, 5.41) is 6.82. The quantitative estimate of drug-likeness (QED) is 0.862. The lowest BCUT2D eigenvalue weighted by Gasteiger charge is -2.20. The minimum Gasteiger partial charge on any atom is -0.353 e. The predicted molar refractivity (Wildman–Crippen MR) is 95.7 cm³/mol. The first kappa shape index (κ1) is 17.3. The van der Waals surface area contributed by atoms with E-state index in [9.17, 15) is 4.79 Å². The number of rotatable bonds is 3. The van der Waals surface area contributed by atoms with Gasteiger partial charge in [0.25, 0.3) is 5.91 Å². The highest BCUT2D eigenvalue weighted by Gasteiger charge is 2.16. The number of carbonyl (C=O) groups is 1. The van der Waals surface area contributed by atoms with E-state index >= 15 is 0 Å². The van der Waals surface area contributed by atoms with Crippen LogP contribution in [0.25, 0.3) is 0 Å². The normalized spacial score (nSPS) is 11.2. The molecule has 0 bridgehead atoms. The van der Waals surface area contributed by atoms with Crippen molar-refractivity contribution >= 4 is 28.9 Å². The van der Waals surface area contributed by atoms with Gasteiger partial charge in [-0.1, -0.05) is 17.7 Å². The number of aryl methyl sites for hydroxylation is 2. The average molecular weight is 332 g/mol. The molecule has 0 spiro atoms. The van der Waals surface area contributed by atoms with Crippen LogP contribution in [0.15, 0.2) is 30.6 Å². The summed E-state index contributed by atoms with van der Waals surface area (Å²) in [7, 11) is 0. The van der Waals surface area contributed by atoms with Crippen LogP contribution in [0.3, 0.4) is 0 Å². The molecule has 23 heavy (non-hydrogen) atoms. The van der Waals surface area contributed by atoms with Crippen molar-refractivity contribution in [3.8, 4) is 0 Å². The van der Waals surface area contributed by atoms with Gasteiger partial charge in [-0.2, -0.15) is 0 Å². The van der Waals surface area contributed by atoms with Gasteiger partial charge >= 0.3 is 0 Å². The van der Waals surface area contributed by atoms with Gasteiger partial charge in [0.2, 0.25) is 0 Å². The van der Waals surface area contributed by atoms with Crippen LogP contribution in [0.2, 0.25) is 5.02 Å². The first-order valence-electron chi connectivity index (χ1n) is 7.47. The number of hydrogen-bond donors (Lipinski definition) is 2. The molecule has 5 heteroatoms. The van der Waals surface area contributed by atoms with Gasteiger partial charge in [-0.05, 0) is 57.9 Å². The topological polar surface area (TPSA) is 54.0 Å². The van der Waals surface area contributed by atoms with Gasteiger partial charge in [0.05, 0.1) is 28.2 Å². The minimum atomic E-state index is -0.294. The van der Waals surface area contributed by atoms with Crippen molar-refractivity contribution in [3.05, 3.63) is 52.3 Å². The Morgan fingerprint density at radius 3 is 2.43 bits per heavy atom. The van der Waals surface area contributed by atoms with Crippen LogP contribution in [-0.4, -0.2) is 16.4 Å². The van der Waals surface area contributed by atoms with E-state index in [1.54, 1.807) is 18.5 Å². The summed E-state index contributed by atoms with van der Waals surface area (Å²) in [6.45, 7) is 9.81. The van der Waals surface area contributed by atoms with Crippen LogP contribution in [0.1, 0.15) is 42.3 Å². The zero-order valence-electron chi connectivity index (χ0n) is 14.1. The second-order valence-electron chi connectivity index (χ2n) is 6.73. The Labute approximate surface area is 142 Å². The van der Waals surface area contributed by atoms with Crippen molar-refractivity contribution < 1.29 is 4.79 Å². The SMILES string of the molecule is Cc1cc(C)c(Nc2cncc(C(=O)NC(C)(C)C)c2)c(Cl)c1. The van der Waals surface area contributed by atoms with Crippen molar-refractivity contribution in [2.24, 2.45) is 0 Å². The maximum Gasteiger partial charge on any atom is 0.253 e. The molecule has 2 N–H and O–H groups in total. The van der Waals surface area contributed by atoms with Crippen LogP contribution >= 0.6 is 11.6 Å². The fraction of sp³-hybridized carbons (Fsp3) is 0.333. The van der Waals surface area contributed by atoms with E-state index in [-0.39, 0.29) is 11.4 Å². The number of amides is 1. The molecule has 0 atom stereocenters. The average Bonchev–Trinajstić information content (AvgIpc) is 2.41. The van der Waals surface area contributed by atoms with Gasteiger partial charge in [0.1, 0.15) is 0 Å². The number of halogens is 1. The smallest absolute Gasteiger partial charge is 0.253 e. The van der Waals surface area contributed by atoms with E-state index in [0.29, 0.717) is 10.6 Å². The third kappa shape index (κ3) is 4.70. The highest BCUT2D eigenvalue weighted by atomic mass is 35.5. The number of anilines is 2. The molecule has 4 nitrogen and oxygen atoms in total. The summed E-state index contributed by atoms with van der Waals surface area (Å²) in [6, 6.07) is 5.72. The molecule has 1 aromatic heterocycles. The zero-order valence-corrected chi connectivity index (χ0v) is 14.9. The maximum absolute atomic E-state index is 12.2. The van der Waals surface area contributed by atoms with E-state index in [4.69, 9.17) is 11.6 Å². The fourth-order valence-electron chi connectivity index (χ4n) is 2.26. The van der Waals surface area contributed by atoms with Crippen LogP contribution in [0, 0.1) is 13.8 Å². The Morgan fingerprint density at radius 1 is 1.13 bits per heavy atom. The van der Waals surface area contributed by atoms with Crippen LogP contribution in [0.5, 0.6) is 0 Å². The highest BCUT2D eigenvalue weighted by Crippen LogP contribution is 2.30. The molecule has 122 valence electrons. The Morgan fingerprint density at radius 2 is 1.83 bits per heavy atom. The lowest BCUT2D eigenvalue weighted by Crippen LogP contribution is -2.40. The second-order valence-corrected chi connectivity index (χ2v) is 7.14. The number of aromatic nitrogens is 1. The number of carbonyl (C=O) groups excluding carboxylic acids is 1. The number of pyridine rings is 1. The third-order valence-electron chi connectivity index (χ3n) is 3.19. The molecule has 1 aromatic carbocycles. The van der Waals surface area contributed by atoms with Crippen molar-refractivity contribution in [1.82, 2.24) is 10.3 Å².